The van der Waals surface area contributed by atoms with Crippen LogP contribution >= 0.6 is 0 Å². The highest BCUT2D eigenvalue weighted by molar-refractivity contribution is 6.60. The Kier molecular flexibility index (Phi) is 6.59. The largest absolute Gasteiger partial charge is 0.493 e. The van der Waals surface area contributed by atoms with Crippen LogP contribution in [0.1, 0.15) is 44.0 Å². The maximum absolute atomic E-state index is 11.6. The van der Waals surface area contributed by atoms with Crippen LogP contribution in [0.25, 0.3) is 0 Å². The van der Waals surface area contributed by atoms with Crippen molar-refractivity contribution < 1.29 is 24.4 Å². The van der Waals surface area contributed by atoms with Gasteiger partial charge in [0, 0.05) is 18.4 Å². The number of ketones is 2. The topological polar surface area (TPSA) is 83.8 Å². The van der Waals surface area contributed by atoms with E-state index in [0.29, 0.717) is 24.5 Å². The molecule has 0 bridgehead atoms. The molecule has 1 rings (SSSR count). The van der Waals surface area contributed by atoms with Gasteiger partial charge in [-0.05, 0) is 36.5 Å². The molecule has 0 aromatic heterocycles. The molecule has 1 aromatic rings. The molecule has 2 N–H and O–H groups in total. The maximum Gasteiger partial charge on any atom is 0.489 e. The summed E-state index contributed by atoms with van der Waals surface area (Å²) >= 11 is 0. The Labute approximate surface area is 125 Å². The molecule has 0 unspecified atom stereocenters. The number of Topliss-reactive ketones (excluding diaryl/α,β-unsaturated/α-hetero) is 2. The third-order valence-electron chi connectivity index (χ3n) is 2.97. The molecule has 0 aliphatic heterocycles. The zero-order valence-corrected chi connectivity index (χ0v) is 12.6. The normalized spacial score (nSPS) is 10.6. The molecule has 0 aliphatic rings. The summed E-state index contributed by atoms with van der Waals surface area (Å²) in [7, 11) is -1.74. The first kappa shape index (κ1) is 17.4. The van der Waals surface area contributed by atoms with E-state index in [-0.39, 0.29) is 29.2 Å². The second-order valence-electron chi connectivity index (χ2n) is 5.41. The predicted molar refractivity (Wildman–Crippen MR) is 80.8 cm³/mol. The van der Waals surface area contributed by atoms with Crippen LogP contribution < -0.4 is 10.2 Å². The maximum atomic E-state index is 11.6. The molecule has 5 nitrogen and oxygen atoms in total. The molecule has 0 fully saturated rings. The molecule has 0 spiro atoms. The summed E-state index contributed by atoms with van der Waals surface area (Å²) in [5.74, 6) is 0.605. The summed E-state index contributed by atoms with van der Waals surface area (Å²) in [5.41, 5.74) is 0.349. The molecular weight excluding hydrogens is 271 g/mol. The summed E-state index contributed by atoms with van der Waals surface area (Å²) in [6.07, 6.45) is 0.830. The minimum Gasteiger partial charge on any atom is -0.493 e. The monoisotopic (exact) mass is 292 g/mol. The minimum atomic E-state index is -1.74. The standard InChI is InChI=1S/C15H21BO5/c1-10(2)8-12(18)6-7-21-13-4-5-14(11(3)17)15(9-13)16(19)20/h4-5,9-10,19-20H,6-8H2,1-3H3. The first-order valence-corrected chi connectivity index (χ1v) is 6.96. The van der Waals surface area contributed by atoms with Crippen molar-refractivity contribution >= 4 is 24.1 Å². The van der Waals surface area contributed by atoms with E-state index < -0.39 is 7.12 Å². The van der Waals surface area contributed by atoms with Crippen LogP contribution in [0.15, 0.2) is 18.2 Å². The predicted octanol–water partition coefficient (Wildman–Crippen LogP) is 0.953. The van der Waals surface area contributed by atoms with E-state index in [2.05, 4.69) is 0 Å². The smallest absolute Gasteiger partial charge is 0.489 e. The van der Waals surface area contributed by atoms with Gasteiger partial charge in [-0.3, -0.25) is 9.59 Å². The third kappa shape index (κ3) is 5.69. The van der Waals surface area contributed by atoms with E-state index in [1.165, 1.54) is 19.1 Å². The average Bonchev–Trinajstić information content (AvgIpc) is 2.37. The van der Waals surface area contributed by atoms with Crippen LogP contribution in [0.5, 0.6) is 5.75 Å². The van der Waals surface area contributed by atoms with Crippen molar-refractivity contribution in [2.24, 2.45) is 5.92 Å². The molecule has 0 amide bonds. The molecule has 0 aliphatic carbocycles. The number of rotatable bonds is 8. The van der Waals surface area contributed by atoms with Gasteiger partial charge in [0.15, 0.2) is 5.78 Å². The fourth-order valence-corrected chi connectivity index (χ4v) is 2.00. The number of carbonyl (C=O) groups excluding carboxylic acids is 2. The van der Waals surface area contributed by atoms with E-state index >= 15 is 0 Å². The highest BCUT2D eigenvalue weighted by Gasteiger charge is 2.19. The summed E-state index contributed by atoms with van der Waals surface area (Å²) < 4.78 is 5.43. The highest BCUT2D eigenvalue weighted by Crippen LogP contribution is 2.12. The second kappa shape index (κ2) is 7.95. The lowest BCUT2D eigenvalue weighted by Gasteiger charge is -2.11. The lowest BCUT2D eigenvalue weighted by atomic mass is 9.76. The van der Waals surface area contributed by atoms with E-state index in [0.717, 1.165) is 0 Å². The van der Waals surface area contributed by atoms with Crippen molar-refractivity contribution in [3.63, 3.8) is 0 Å². The number of benzene rings is 1. The molecule has 1 aromatic carbocycles. The van der Waals surface area contributed by atoms with Crippen molar-refractivity contribution in [3.8, 4) is 5.75 Å². The van der Waals surface area contributed by atoms with Crippen LogP contribution in [0.4, 0.5) is 0 Å². The molecule has 0 atom stereocenters. The summed E-state index contributed by atoms with van der Waals surface area (Å²) in [6, 6.07) is 4.48. The SMILES string of the molecule is CC(=O)c1ccc(OCCC(=O)CC(C)C)cc1B(O)O. The molecule has 0 heterocycles. The fraction of sp³-hybridized carbons (Fsp3) is 0.467. The lowest BCUT2D eigenvalue weighted by Crippen LogP contribution is -2.34. The van der Waals surface area contributed by atoms with E-state index in [1.807, 2.05) is 13.8 Å². The van der Waals surface area contributed by atoms with Gasteiger partial charge in [-0.25, -0.2) is 0 Å². The molecule has 0 radical (unpaired) electrons. The Morgan fingerprint density at radius 3 is 2.48 bits per heavy atom. The number of carbonyl (C=O) groups is 2. The van der Waals surface area contributed by atoms with Crippen molar-refractivity contribution in [2.45, 2.75) is 33.6 Å². The van der Waals surface area contributed by atoms with E-state index in [9.17, 15) is 19.6 Å². The first-order valence-electron chi connectivity index (χ1n) is 6.96. The van der Waals surface area contributed by atoms with Gasteiger partial charge in [-0.1, -0.05) is 13.8 Å². The quantitative estimate of drug-likeness (QED) is 0.550. The molecular formula is C15H21BO5. The summed E-state index contributed by atoms with van der Waals surface area (Å²) in [6.45, 7) is 5.54. The van der Waals surface area contributed by atoms with Gasteiger partial charge in [0.2, 0.25) is 0 Å². The zero-order chi connectivity index (χ0) is 16.0. The van der Waals surface area contributed by atoms with Gasteiger partial charge in [0.25, 0.3) is 0 Å². The number of ether oxygens (including phenoxy) is 1. The van der Waals surface area contributed by atoms with E-state index in [1.54, 1.807) is 6.07 Å². The summed E-state index contributed by atoms with van der Waals surface area (Å²) in [5, 5.41) is 18.6. The van der Waals surface area contributed by atoms with Crippen LogP contribution in [-0.4, -0.2) is 35.3 Å². The molecule has 0 saturated carbocycles. The Morgan fingerprint density at radius 2 is 1.95 bits per heavy atom. The highest BCUT2D eigenvalue weighted by atomic mass is 16.5. The minimum absolute atomic E-state index is 0.105. The Hall–Kier alpha value is -1.66. The molecule has 0 saturated heterocycles. The Bertz CT molecular complexity index is 511. The lowest BCUT2D eigenvalue weighted by molar-refractivity contribution is -0.120. The third-order valence-corrected chi connectivity index (χ3v) is 2.97. The zero-order valence-electron chi connectivity index (χ0n) is 12.6. The Morgan fingerprint density at radius 1 is 1.29 bits per heavy atom. The van der Waals surface area contributed by atoms with Crippen LogP contribution in [0, 0.1) is 5.92 Å². The summed E-state index contributed by atoms with van der Waals surface area (Å²) in [4.78, 5) is 22.9. The first-order chi connectivity index (χ1) is 9.81. The van der Waals surface area contributed by atoms with Gasteiger partial charge in [-0.15, -0.1) is 0 Å². The Balaban J connectivity index is 2.66. The van der Waals surface area contributed by atoms with Crippen LogP contribution in [0.3, 0.4) is 0 Å². The van der Waals surface area contributed by atoms with Gasteiger partial charge in [0.1, 0.15) is 11.5 Å². The molecule has 114 valence electrons. The van der Waals surface area contributed by atoms with Crippen molar-refractivity contribution in [3.05, 3.63) is 23.8 Å². The second-order valence-corrected chi connectivity index (χ2v) is 5.41. The van der Waals surface area contributed by atoms with Crippen LogP contribution in [-0.2, 0) is 4.79 Å². The van der Waals surface area contributed by atoms with Gasteiger partial charge >= 0.3 is 7.12 Å². The number of hydrogen-bond donors (Lipinski definition) is 2. The van der Waals surface area contributed by atoms with Crippen molar-refractivity contribution in [2.75, 3.05) is 6.61 Å². The fourth-order valence-electron chi connectivity index (χ4n) is 2.00. The molecule has 21 heavy (non-hydrogen) atoms. The van der Waals surface area contributed by atoms with Crippen molar-refractivity contribution in [1.82, 2.24) is 0 Å². The van der Waals surface area contributed by atoms with Crippen molar-refractivity contribution in [1.29, 1.82) is 0 Å². The van der Waals surface area contributed by atoms with E-state index in [4.69, 9.17) is 4.74 Å². The number of hydrogen-bond acceptors (Lipinski definition) is 5. The molecule has 6 heteroatoms. The van der Waals surface area contributed by atoms with Gasteiger partial charge < -0.3 is 14.8 Å². The van der Waals surface area contributed by atoms with Gasteiger partial charge in [-0.2, -0.15) is 0 Å². The van der Waals surface area contributed by atoms with Crippen LogP contribution in [0.2, 0.25) is 0 Å². The average molecular weight is 292 g/mol. The van der Waals surface area contributed by atoms with Gasteiger partial charge in [0.05, 0.1) is 6.61 Å².